The SMILES string of the molecule is C[C@@H]1COCC[C@@H]1Nc1ncc2nc(Nc3c(F)cc(Cl)cc3Cl)n([C@H]3CC[C@H](C(N)=O)CC3)c2n1. The summed E-state index contributed by atoms with van der Waals surface area (Å²) in [6.45, 7) is 3.50. The number of anilines is 3. The number of nitrogens with two attached hydrogens (primary N) is 1. The minimum atomic E-state index is -0.592. The largest absolute Gasteiger partial charge is 0.381 e. The van der Waals surface area contributed by atoms with Crippen molar-refractivity contribution in [3.63, 3.8) is 0 Å². The zero-order valence-electron chi connectivity index (χ0n) is 19.8. The maximum absolute atomic E-state index is 14.8. The van der Waals surface area contributed by atoms with Crippen molar-refractivity contribution in [2.24, 2.45) is 17.6 Å². The Balaban J connectivity index is 1.53. The lowest BCUT2D eigenvalue weighted by atomic mass is 9.85. The van der Waals surface area contributed by atoms with Crippen LogP contribution < -0.4 is 16.4 Å². The number of carbonyl (C=O) groups excluding carboxylic acids is 1. The molecule has 2 fully saturated rings. The Morgan fingerprint density at radius 3 is 2.67 bits per heavy atom. The topological polar surface area (TPSA) is 120 Å². The molecule has 36 heavy (non-hydrogen) atoms. The van der Waals surface area contributed by atoms with Crippen LogP contribution >= 0.6 is 23.2 Å². The molecule has 0 bridgehead atoms. The van der Waals surface area contributed by atoms with Crippen molar-refractivity contribution in [2.75, 3.05) is 23.8 Å². The number of nitrogens with one attached hydrogen (secondary N) is 2. The van der Waals surface area contributed by atoms with Gasteiger partial charge in [0.15, 0.2) is 5.65 Å². The fourth-order valence-electron chi connectivity index (χ4n) is 5.05. The molecular formula is C24H28Cl2FN7O2. The van der Waals surface area contributed by atoms with E-state index in [0.717, 1.165) is 6.42 Å². The Morgan fingerprint density at radius 1 is 1.19 bits per heavy atom. The van der Waals surface area contributed by atoms with Crippen LogP contribution in [0.2, 0.25) is 10.0 Å². The highest BCUT2D eigenvalue weighted by Gasteiger charge is 2.30. The average molecular weight is 536 g/mol. The molecule has 2 atom stereocenters. The third kappa shape index (κ3) is 5.07. The van der Waals surface area contributed by atoms with Crippen molar-refractivity contribution in [1.29, 1.82) is 0 Å². The molecule has 1 saturated heterocycles. The van der Waals surface area contributed by atoms with Crippen LogP contribution in [-0.2, 0) is 9.53 Å². The van der Waals surface area contributed by atoms with Gasteiger partial charge in [0.25, 0.3) is 0 Å². The van der Waals surface area contributed by atoms with E-state index in [1.165, 1.54) is 12.1 Å². The lowest BCUT2D eigenvalue weighted by molar-refractivity contribution is -0.122. The summed E-state index contributed by atoms with van der Waals surface area (Å²) < 4.78 is 22.3. The van der Waals surface area contributed by atoms with Gasteiger partial charge in [-0.1, -0.05) is 30.1 Å². The number of hydrogen-bond donors (Lipinski definition) is 3. The van der Waals surface area contributed by atoms with E-state index in [2.05, 4.69) is 27.5 Å². The maximum Gasteiger partial charge on any atom is 0.224 e. The highest BCUT2D eigenvalue weighted by Crippen LogP contribution is 2.38. The molecule has 0 radical (unpaired) electrons. The van der Waals surface area contributed by atoms with Crippen LogP contribution in [0.3, 0.4) is 0 Å². The number of benzene rings is 1. The second-order valence-electron chi connectivity index (χ2n) is 9.58. The molecule has 1 aliphatic carbocycles. The standard InChI is InChI=1S/C24H28Cl2FN7O2/c1-12-11-36-7-6-18(12)30-23-29-10-19-22(33-23)34(15-4-2-13(3-5-15)21(28)35)24(31-19)32-20-16(26)8-14(25)9-17(20)27/h8-10,12-13,15,18H,2-7,11H2,1H3,(H2,28,35)(H,31,32)(H,29,30,33)/t12-,13-,15-,18+/m1/s1. The predicted molar refractivity (Wildman–Crippen MR) is 137 cm³/mol. The molecule has 4 N–H and O–H groups in total. The van der Waals surface area contributed by atoms with E-state index < -0.39 is 5.82 Å². The maximum atomic E-state index is 14.8. The fourth-order valence-corrected chi connectivity index (χ4v) is 5.56. The minimum absolute atomic E-state index is 0.0213. The monoisotopic (exact) mass is 535 g/mol. The smallest absolute Gasteiger partial charge is 0.224 e. The Kier molecular flexibility index (Phi) is 7.18. The van der Waals surface area contributed by atoms with Gasteiger partial charge in [-0.25, -0.2) is 14.4 Å². The highest BCUT2D eigenvalue weighted by molar-refractivity contribution is 6.36. The Hall–Kier alpha value is -2.69. The van der Waals surface area contributed by atoms with E-state index >= 15 is 0 Å². The highest BCUT2D eigenvalue weighted by atomic mass is 35.5. The molecule has 1 aliphatic heterocycles. The van der Waals surface area contributed by atoms with Gasteiger partial charge in [-0.05, 0) is 50.2 Å². The summed E-state index contributed by atoms with van der Waals surface area (Å²) >= 11 is 12.2. The second kappa shape index (κ2) is 10.4. The number of aromatic nitrogens is 4. The van der Waals surface area contributed by atoms with Crippen LogP contribution in [0.15, 0.2) is 18.3 Å². The number of nitrogens with zero attached hydrogens (tertiary/aromatic N) is 4. The molecule has 12 heteroatoms. The first-order chi connectivity index (χ1) is 17.3. The lowest BCUT2D eigenvalue weighted by Gasteiger charge is -2.30. The third-order valence-electron chi connectivity index (χ3n) is 7.10. The number of fused-ring (bicyclic) bond motifs is 1. The molecule has 192 valence electrons. The van der Waals surface area contributed by atoms with E-state index in [4.69, 9.17) is 38.7 Å². The van der Waals surface area contributed by atoms with Gasteiger partial charge < -0.3 is 21.1 Å². The Labute approximate surface area is 217 Å². The van der Waals surface area contributed by atoms with Crippen molar-refractivity contribution in [2.45, 2.75) is 51.1 Å². The molecular weight excluding hydrogens is 508 g/mol. The number of hydrogen-bond acceptors (Lipinski definition) is 7. The number of carbonyl (C=O) groups is 1. The summed E-state index contributed by atoms with van der Waals surface area (Å²) in [4.78, 5) is 25.7. The zero-order chi connectivity index (χ0) is 25.4. The summed E-state index contributed by atoms with van der Waals surface area (Å²) in [6.07, 6.45) is 5.24. The molecule has 2 aliphatic rings. The predicted octanol–water partition coefficient (Wildman–Crippen LogP) is 5.07. The summed E-state index contributed by atoms with van der Waals surface area (Å²) in [5.74, 6) is 0.177. The molecule has 1 aromatic carbocycles. The van der Waals surface area contributed by atoms with E-state index in [1.807, 2.05) is 4.57 Å². The first-order valence-corrected chi connectivity index (χ1v) is 12.9. The summed E-state index contributed by atoms with van der Waals surface area (Å²) in [6, 6.07) is 2.83. The van der Waals surface area contributed by atoms with Gasteiger partial charge in [-0.15, -0.1) is 0 Å². The molecule has 1 amide bonds. The van der Waals surface area contributed by atoms with Crippen molar-refractivity contribution in [3.8, 4) is 0 Å². The molecule has 3 heterocycles. The van der Waals surface area contributed by atoms with Crippen molar-refractivity contribution in [3.05, 3.63) is 34.2 Å². The average Bonchev–Trinajstić information content (AvgIpc) is 3.20. The summed E-state index contributed by atoms with van der Waals surface area (Å²) in [5, 5.41) is 6.83. The van der Waals surface area contributed by atoms with Gasteiger partial charge in [0.2, 0.25) is 17.8 Å². The molecule has 9 nitrogen and oxygen atoms in total. The molecule has 0 spiro atoms. The van der Waals surface area contributed by atoms with E-state index in [0.29, 0.717) is 67.9 Å². The van der Waals surface area contributed by atoms with Crippen LogP contribution in [-0.4, -0.2) is 44.7 Å². The zero-order valence-corrected chi connectivity index (χ0v) is 21.3. The first-order valence-electron chi connectivity index (χ1n) is 12.1. The van der Waals surface area contributed by atoms with Gasteiger partial charge in [0.1, 0.15) is 11.3 Å². The normalized spacial score (nSPS) is 24.6. The molecule has 5 rings (SSSR count). The number of imidazole rings is 1. The van der Waals surface area contributed by atoms with Gasteiger partial charge in [0, 0.05) is 29.6 Å². The second-order valence-corrected chi connectivity index (χ2v) is 10.4. The third-order valence-corrected chi connectivity index (χ3v) is 7.61. The summed E-state index contributed by atoms with van der Waals surface area (Å²) in [5.41, 5.74) is 6.79. The van der Waals surface area contributed by atoms with Crippen LogP contribution in [0.4, 0.5) is 22.0 Å². The lowest BCUT2D eigenvalue weighted by Crippen LogP contribution is -2.36. The molecule has 3 aromatic rings. The minimum Gasteiger partial charge on any atom is -0.381 e. The number of ether oxygens (including phenoxy) is 1. The number of rotatable bonds is 6. The Bertz CT molecular complexity index is 1260. The molecule has 1 saturated carbocycles. The molecule has 2 aromatic heterocycles. The van der Waals surface area contributed by atoms with Crippen molar-refractivity contribution in [1.82, 2.24) is 19.5 Å². The van der Waals surface area contributed by atoms with Gasteiger partial charge in [-0.3, -0.25) is 9.36 Å². The quantitative estimate of drug-likeness (QED) is 0.402. The van der Waals surface area contributed by atoms with E-state index in [-0.39, 0.29) is 39.6 Å². The number of primary amides is 1. The first kappa shape index (κ1) is 25.0. The van der Waals surface area contributed by atoms with Crippen LogP contribution in [0.5, 0.6) is 0 Å². The number of amides is 1. The van der Waals surface area contributed by atoms with Gasteiger partial charge in [-0.2, -0.15) is 4.98 Å². The summed E-state index contributed by atoms with van der Waals surface area (Å²) in [7, 11) is 0. The van der Waals surface area contributed by atoms with Crippen molar-refractivity contribution < 1.29 is 13.9 Å². The fraction of sp³-hybridized carbons (Fsp3) is 0.500. The number of halogens is 3. The Morgan fingerprint density at radius 2 is 1.97 bits per heavy atom. The van der Waals surface area contributed by atoms with Crippen LogP contribution in [0, 0.1) is 17.7 Å². The van der Waals surface area contributed by atoms with E-state index in [9.17, 15) is 9.18 Å². The van der Waals surface area contributed by atoms with Gasteiger partial charge >= 0.3 is 0 Å². The van der Waals surface area contributed by atoms with Crippen LogP contribution in [0.1, 0.15) is 45.1 Å². The van der Waals surface area contributed by atoms with E-state index in [1.54, 1.807) is 6.20 Å². The van der Waals surface area contributed by atoms with Crippen LogP contribution in [0.25, 0.3) is 11.2 Å². The van der Waals surface area contributed by atoms with Crippen molar-refractivity contribution >= 4 is 57.9 Å². The van der Waals surface area contributed by atoms with Gasteiger partial charge in [0.05, 0.1) is 23.5 Å². The molecule has 0 unspecified atom stereocenters.